The van der Waals surface area contributed by atoms with Crippen LogP contribution < -0.4 is 10.6 Å². The predicted molar refractivity (Wildman–Crippen MR) is 105 cm³/mol. The van der Waals surface area contributed by atoms with Crippen molar-refractivity contribution < 1.29 is 13.6 Å². The second-order valence-corrected chi connectivity index (χ2v) is 5.70. The van der Waals surface area contributed by atoms with Crippen molar-refractivity contribution in [3.63, 3.8) is 0 Å². The smallest absolute Gasteiger partial charge is 0.244 e. The SMILES string of the molecule is CCNC(=NCC(=O)N1CCCC1)NCCc1cc(F)ccc1F.I. The van der Waals surface area contributed by atoms with E-state index in [1.807, 2.05) is 11.8 Å². The van der Waals surface area contributed by atoms with Crippen LogP contribution in [0.5, 0.6) is 0 Å². The van der Waals surface area contributed by atoms with Crippen LogP contribution in [0, 0.1) is 11.6 Å². The van der Waals surface area contributed by atoms with Gasteiger partial charge in [0, 0.05) is 26.2 Å². The molecule has 25 heavy (non-hydrogen) atoms. The van der Waals surface area contributed by atoms with Crippen molar-refractivity contribution in [3.05, 3.63) is 35.4 Å². The molecule has 0 atom stereocenters. The Morgan fingerprint density at radius 2 is 1.96 bits per heavy atom. The van der Waals surface area contributed by atoms with Gasteiger partial charge in [-0.3, -0.25) is 4.79 Å². The zero-order chi connectivity index (χ0) is 17.4. The fourth-order valence-electron chi connectivity index (χ4n) is 2.61. The topological polar surface area (TPSA) is 56.7 Å². The van der Waals surface area contributed by atoms with Crippen molar-refractivity contribution in [2.45, 2.75) is 26.2 Å². The van der Waals surface area contributed by atoms with Crippen LogP contribution in [0.3, 0.4) is 0 Å². The molecule has 8 heteroatoms. The second-order valence-electron chi connectivity index (χ2n) is 5.70. The van der Waals surface area contributed by atoms with Gasteiger partial charge in [0.25, 0.3) is 0 Å². The summed E-state index contributed by atoms with van der Waals surface area (Å²) in [4.78, 5) is 18.1. The Morgan fingerprint density at radius 1 is 1.24 bits per heavy atom. The van der Waals surface area contributed by atoms with E-state index < -0.39 is 11.6 Å². The van der Waals surface area contributed by atoms with E-state index in [0.717, 1.165) is 38.1 Å². The third-order valence-corrected chi connectivity index (χ3v) is 3.87. The number of hydrogen-bond acceptors (Lipinski definition) is 2. The predicted octanol–water partition coefficient (Wildman–Crippen LogP) is 2.30. The Labute approximate surface area is 164 Å². The van der Waals surface area contributed by atoms with Gasteiger partial charge in [0.1, 0.15) is 18.2 Å². The summed E-state index contributed by atoms with van der Waals surface area (Å²) in [5.41, 5.74) is 0.312. The lowest BCUT2D eigenvalue weighted by molar-refractivity contribution is -0.128. The molecule has 5 nitrogen and oxygen atoms in total. The van der Waals surface area contributed by atoms with E-state index >= 15 is 0 Å². The summed E-state index contributed by atoms with van der Waals surface area (Å²) in [6.07, 6.45) is 2.42. The number of guanidine groups is 1. The normalized spacial score (nSPS) is 14.2. The molecule has 0 aromatic heterocycles. The van der Waals surface area contributed by atoms with Crippen LogP contribution in [0.4, 0.5) is 8.78 Å². The molecule has 0 saturated carbocycles. The maximum atomic E-state index is 13.6. The maximum Gasteiger partial charge on any atom is 0.244 e. The number of nitrogens with one attached hydrogen (secondary N) is 2. The number of halogens is 3. The van der Waals surface area contributed by atoms with Gasteiger partial charge in [0.15, 0.2) is 5.96 Å². The molecule has 1 heterocycles. The molecule has 0 unspecified atom stereocenters. The average Bonchev–Trinajstić information content (AvgIpc) is 3.10. The number of carbonyl (C=O) groups is 1. The first-order valence-electron chi connectivity index (χ1n) is 8.34. The molecule has 0 radical (unpaired) electrons. The van der Waals surface area contributed by atoms with Crippen LogP contribution in [0.2, 0.25) is 0 Å². The van der Waals surface area contributed by atoms with Gasteiger partial charge < -0.3 is 15.5 Å². The van der Waals surface area contributed by atoms with Crippen molar-refractivity contribution in [2.24, 2.45) is 4.99 Å². The van der Waals surface area contributed by atoms with E-state index in [0.29, 0.717) is 31.0 Å². The van der Waals surface area contributed by atoms with Gasteiger partial charge in [-0.2, -0.15) is 0 Å². The standard InChI is InChI=1S/C17H24F2N4O.HI/c1-2-20-17(22-12-16(24)23-9-3-4-10-23)21-8-7-13-11-14(18)5-6-15(13)19;/h5-6,11H,2-4,7-10,12H2,1H3,(H2,20,21,22);1H. The summed E-state index contributed by atoms with van der Waals surface area (Å²) >= 11 is 0. The molecule has 0 aliphatic carbocycles. The summed E-state index contributed by atoms with van der Waals surface area (Å²) in [6.45, 7) is 4.66. The lowest BCUT2D eigenvalue weighted by Crippen LogP contribution is -2.39. The van der Waals surface area contributed by atoms with E-state index in [1.54, 1.807) is 0 Å². The lowest BCUT2D eigenvalue weighted by atomic mass is 10.1. The summed E-state index contributed by atoms with van der Waals surface area (Å²) in [7, 11) is 0. The van der Waals surface area contributed by atoms with Crippen LogP contribution in [0.15, 0.2) is 23.2 Å². The van der Waals surface area contributed by atoms with Crippen molar-refractivity contribution >= 4 is 35.8 Å². The highest BCUT2D eigenvalue weighted by atomic mass is 127. The van der Waals surface area contributed by atoms with E-state index in [-0.39, 0.29) is 36.4 Å². The van der Waals surface area contributed by atoms with Crippen molar-refractivity contribution in [1.82, 2.24) is 15.5 Å². The number of nitrogens with zero attached hydrogens (tertiary/aromatic N) is 2. The van der Waals surface area contributed by atoms with Crippen molar-refractivity contribution in [3.8, 4) is 0 Å². The van der Waals surface area contributed by atoms with Gasteiger partial charge in [0.05, 0.1) is 0 Å². The monoisotopic (exact) mass is 466 g/mol. The number of amides is 1. The molecular formula is C17H25F2IN4O. The molecule has 1 aromatic rings. The molecular weight excluding hydrogens is 441 g/mol. The first-order chi connectivity index (χ1) is 11.6. The Balaban J connectivity index is 0.00000312. The lowest BCUT2D eigenvalue weighted by Gasteiger charge is -2.15. The molecule has 0 bridgehead atoms. The number of benzene rings is 1. The Hall–Kier alpha value is -1.45. The highest BCUT2D eigenvalue weighted by molar-refractivity contribution is 14.0. The zero-order valence-corrected chi connectivity index (χ0v) is 16.7. The molecule has 2 rings (SSSR count). The molecule has 1 saturated heterocycles. The van der Waals surface area contributed by atoms with E-state index in [1.165, 1.54) is 6.07 Å². The molecule has 1 amide bonds. The highest BCUT2D eigenvalue weighted by Crippen LogP contribution is 2.10. The second kappa shape index (κ2) is 11.2. The van der Waals surface area contributed by atoms with Crippen LogP contribution in [-0.4, -0.2) is 49.5 Å². The summed E-state index contributed by atoms with van der Waals surface area (Å²) < 4.78 is 26.7. The molecule has 1 aromatic carbocycles. The minimum atomic E-state index is -0.455. The molecule has 1 aliphatic heterocycles. The zero-order valence-electron chi connectivity index (χ0n) is 14.4. The number of rotatable bonds is 6. The first kappa shape index (κ1) is 21.6. The molecule has 1 aliphatic rings. The summed E-state index contributed by atoms with van der Waals surface area (Å²) in [5, 5.41) is 6.08. The Bertz CT molecular complexity index is 592. The first-order valence-corrected chi connectivity index (χ1v) is 8.34. The Kier molecular flexibility index (Phi) is 9.69. The van der Waals surface area contributed by atoms with Crippen molar-refractivity contribution in [2.75, 3.05) is 32.7 Å². The van der Waals surface area contributed by atoms with Crippen LogP contribution in [0.1, 0.15) is 25.3 Å². The van der Waals surface area contributed by atoms with E-state index in [2.05, 4.69) is 15.6 Å². The minimum absolute atomic E-state index is 0. The summed E-state index contributed by atoms with van der Waals surface area (Å²) in [6, 6.07) is 3.42. The van der Waals surface area contributed by atoms with Gasteiger partial charge >= 0.3 is 0 Å². The number of likely N-dealkylation sites (tertiary alicyclic amines) is 1. The van der Waals surface area contributed by atoms with Gasteiger partial charge in [-0.25, -0.2) is 13.8 Å². The van der Waals surface area contributed by atoms with Crippen LogP contribution in [-0.2, 0) is 11.2 Å². The largest absolute Gasteiger partial charge is 0.357 e. The maximum absolute atomic E-state index is 13.6. The molecule has 140 valence electrons. The van der Waals surface area contributed by atoms with E-state index in [4.69, 9.17) is 0 Å². The minimum Gasteiger partial charge on any atom is -0.357 e. The van der Waals surface area contributed by atoms with Gasteiger partial charge in [-0.05, 0) is 49.9 Å². The van der Waals surface area contributed by atoms with Crippen LogP contribution >= 0.6 is 24.0 Å². The summed E-state index contributed by atoms with van der Waals surface area (Å²) in [5.74, 6) is -0.365. The fraction of sp³-hybridized carbons (Fsp3) is 0.529. The fourth-order valence-corrected chi connectivity index (χ4v) is 2.61. The molecule has 0 spiro atoms. The molecule has 2 N–H and O–H groups in total. The highest BCUT2D eigenvalue weighted by Gasteiger charge is 2.17. The van der Waals surface area contributed by atoms with Crippen molar-refractivity contribution in [1.29, 1.82) is 0 Å². The van der Waals surface area contributed by atoms with Gasteiger partial charge in [-0.1, -0.05) is 0 Å². The van der Waals surface area contributed by atoms with E-state index in [9.17, 15) is 13.6 Å². The third-order valence-electron chi connectivity index (χ3n) is 3.87. The number of aliphatic imine (C=N–C) groups is 1. The molecule has 1 fully saturated rings. The number of hydrogen-bond donors (Lipinski definition) is 2. The van der Waals surface area contributed by atoms with Crippen LogP contribution in [0.25, 0.3) is 0 Å². The van der Waals surface area contributed by atoms with Gasteiger partial charge in [0.2, 0.25) is 5.91 Å². The third kappa shape index (κ3) is 7.13. The average molecular weight is 466 g/mol. The van der Waals surface area contributed by atoms with Gasteiger partial charge in [-0.15, -0.1) is 24.0 Å². The number of carbonyl (C=O) groups excluding carboxylic acids is 1. The quantitative estimate of drug-likeness (QED) is 0.385. The Morgan fingerprint density at radius 3 is 2.64 bits per heavy atom.